The molecule has 3 nitrogen and oxygen atoms in total. The Balaban J connectivity index is 2.15. The minimum Gasteiger partial charge on any atom is -0.396 e. The molecule has 0 spiro atoms. The molecule has 0 aromatic carbocycles. The average molecular weight is 215 g/mol. The molecule has 0 heterocycles. The highest BCUT2D eigenvalue weighted by Gasteiger charge is 2.30. The second-order valence-corrected chi connectivity index (χ2v) is 4.59. The molecule has 1 rings (SSSR count). The van der Waals surface area contributed by atoms with Crippen molar-refractivity contribution < 1.29 is 9.84 Å². The average Bonchev–Trinajstić information content (AvgIpc) is 2.30. The van der Waals surface area contributed by atoms with Crippen LogP contribution in [0.4, 0.5) is 0 Å². The van der Waals surface area contributed by atoms with Gasteiger partial charge in [-0.3, -0.25) is 0 Å². The lowest BCUT2D eigenvalue weighted by Gasteiger charge is -2.35. The molecule has 0 aromatic rings. The first-order valence-corrected chi connectivity index (χ1v) is 6.22. The van der Waals surface area contributed by atoms with E-state index in [4.69, 9.17) is 4.74 Å². The summed E-state index contributed by atoms with van der Waals surface area (Å²) in [7, 11) is 0. The van der Waals surface area contributed by atoms with Crippen molar-refractivity contribution in [1.29, 1.82) is 0 Å². The summed E-state index contributed by atoms with van der Waals surface area (Å²) in [5.74, 6) is 0. The Morgan fingerprint density at radius 3 is 2.60 bits per heavy atom. The van der Waals surface area contributed by atoms with E-state index in [1.165, 1.54) is 32.1 Å². The second kappa shape index (κ2) is 7.20. The van der Waals surface area contributed by atoms with Crippen LogP contribution in [0.2, 0.25) is 0 Å². The normalized spacial score (nSPS) is 20.4. The van der Waals surface area contributed by atoms with Gasteiger partial charge in [0, 0.05) is 31.7 Å². The second-order valence-electron chi connectivity index (χ2n) is 4.59. The first kappa shape index (κ1) is 12.9. The van der Waals surface area contributed by atoms with Crippen molar-refractivity contribution >= 4 is 0 Å². The van der Waals surface area contributed by atoms with Crippen molar-refractivity contribution in [3.8, 4) is 0 Å². The summed E-state index contributed by atoms with van der Waals surface area (Å²) in [6, 6.07) is 0. The molecule has 0 saturated heterocycles. The van der Waals surface area contributed by atoms with Gasteiger partial charge in [-0.25, -0.2) is 0 Å². The van der Waals surface area contributed by atoms with Gasteiger partial charge >= 0.3 is 0 Å². The van der Waals surface area contributed by atoms with Crippen LogP contribution in [0.5, 0.6) is 0 Å². The first-order chi connectivity index (χ1) is 7.33. The van der Waals surface area contributed by atoms with E-state index < -0.39 is 0 Å². The van der Waals surface area contributed by atoms with Gasteiger partial charge in [-0.15, -0.1) is 0 Å². The fourth-order valence-electron chi connectivity index (χ4n) is 2.33. The van der Waals surface area contributed by atoms with E-state index in [0.717, 1.165) is 26.3 Å². The third-order valence-corrected chi connectivity index (χ3v) is 3.38. The van der Waals surface area contributed by atoms with Gasteiger partial charge in [0.2, 0.25) is 0 Å². The smallest absolute Gasteiger partial charge is 0.0590 e. The van der Waals surface area contributed by atoms with Crippen LogP contribution in [-0.4, -0.2) is 38.0 Å². The van der Waals surface area contributed by atoms with E-state index >= 15 is 0 Å². The number of hydrogen-bond donors (Lipinski definition) is 2. The maximum absolute atomic E-state index is 9.47. The lowest BCUT2D eigenvalue weighted by molar-refractivity contribution is 0.0770. The van der Waals surface area contributed by atoms with E-state index in [9.17, 15) is 5.11 Å². The van der Waals surface area contributed by atoms with E-state index in [1.807, 2.05) is 6.92 Å². The zero-order valence-electron chi connectivity index (χ0n) is 9.93. The summed E-state index contributed by atoms with van der Waals surface area (Å²) in [4.78, 5) is 0. The van der Waals surface area contributed by atoms with E-state index in [1.54, 1.807) is 0 Å². The number of hydrogen-bond acceptors (Lipinski definition) is 3. The van der Waals surface area contributed by atoms with Crippen molar-refractivity contribution in [3.63, 3.8) is 0 Å². The van der Waals surface area contributed by atoms with E-state index in [2.05, 4.69) is 5.32 Å². The van der Waals surface area contributed by atoms with Gasteiger partial charge in [-0.1, -0.05) is 19.3 Å². The Kier molecular flexibility index (Phi) is 6.22. The van der Waals surface area contributed by atoms with Crippen molar-refractivity contribution in [2.45, 2.75) is 39.0 Å². The summed E-state index contributed by atoms with van der Waals surface area (Å²) >= 11 is 0. The Labute approximate surface area is 93.2 Å². The summed E-state index contributed by atoms with van der Waals surface area (Å²) < 4.78 is 5.26. The highest BCUT2D eigenvalue weighted by molar-refractivity contribution is 4.84. The maximum Gasteiger partial charge on any atom is 0.0590 e. The van der Waals surface area contributed by atoms with Crippen LogP contribution in [0.1, 0.15) is 39.0 Å². The summed E-state index contributed by atoms with van der Waals surface area (Å²) in [5, 5.41) is 12.9. The Bertz CT molecular complexity index is 156. The predicted octanol–water partition coefficient (Wildman–Crippen LogP) is 1.56. The maximum atomic E-state index is 9.47. The molecule has 1 saturated carbocycles. The molecule has 3 heteroatoms. The Morgan fingerprint density at radius 2 is 2.00 bits per heavy atom. The van der Waals surface area contributed by atoms with Gasteiger partial charge in [0.1, 0.15) is 0 Å². The fraction of sp³-hybridized carbons (Fsp3) is 1.00. The molecule has 0 unspecified atom stereocenters. The van der Waals surface area contributed by atoms with Gasteiger partial charge in [0.05, 0.1) is 6.61 Å². The Hall–Kier alpha value is -0.120. The zero-order valence-corrected chi connectivity index (χ0v) is 9.93. The molecule has 2 N–H and O–H groups in total. The van der Waals surface area contributed by atoms with Gasteiger partial charge in [0.25, 0.3) is 0 Å². The number of rotatable bonds is 7. The van der Waals surface area contributed by atoms with Crippen molar-refractivity contribution in [2.24, 2.45) is 5.41 Å². The minimum absolute atomic E-state index is 0.157. The minimum atomic E-state index is 0.157. The monoisotopic (exact) mass is 215 g/mol. The number of aliphatic hydroxyl groups excluding tert-OH is 1. The lowest BCUT2D eigenvalue weighted by atomic mass is 9.74. The highest BCUT2D eigenvalue weighted by Crippen LogP contribution is 2.34. The predicted molar refractivity (Wildman–Crippen MR) is 62.0 cm³/mol. The summed E-state index contributed by atoms with van der Waals surface area (Å²) in [6.07, 6.45) is 6.22. The molecule has 90 valence electrons. The van der Waals surface area contributed by atoms with Crippen LogP contribution in [0.15, 0.2) is 0 Å². The summed E-state index contributed by atoms with van der Waals surface area (Å²) in [6.45, 7) is 5.74. The van der Waals surface area contributed by atoms with Crippen LogP contribution in [0.25, 0.3) is 0 Å². The van der Waals surface area contributed by atoms with E-state index in [-0.39, 0.29) is 5.41 Å². The van der Waals surface area contributed by atoms with Crippen molar-refractivity contribution in [2.75, 3.05) is 32.9 Å². The number of nitrogens with one attached hydrogen (secondary N) is 1. The SMILES string of the molecule is CCOCCNCC1(CO)CCCCC1. The van der Waals surface area contributed by atoms with Gasteiger partial charge in [0.15, 0.2) is 0 Å². The third kappa shape index (κ3) is 4.49. The molecule has 15 heavy (non-hydrogen) atoms. The molecule has 0 atom stereocenters. The summed E-state index contributed by atoms with van der Waals surface area (Å²) in [5.41, 5.74) is 0.157. The Morgan fingerprint density at radius 1 is 1.27 bits per heavy atom. The van der Waals surface area contributed by atoms with Crippen LogP contribution in [0, 0.1) is 5.41 Å². The van der Waals surface area contributed by atoms with Crippen molar-refractivity contribution in [1.82, 2.24) is 5.32 Å². The molecular weight excluding hydrogens is 190 g/mol. The standard InChI is InChI=1S/C12H25NO2/c1-2-15-9-8-13-10-12(11-14)6-4-3-5-7-12/h13-14H,2-11H2,1H3. The molecule has 1 aliphatic carbocycles. The number of ether oxygens (including phenoxy) is 1. The molecule has 0 amide bonds. The van der Waals surface area contributed by atoms with Crippen LogP contribution in [-0.2, 0) is 4.74 Å². The third-order valence-electron chi connectivity index (χ3n) is 3.38. The van der Waals surface area contributed by atoms with Gasteiger partial charge in [-0.2, -0.15) is 0 Å². The molecule has 1 aliphatic rings. The molecule has 0 bridgehead atoms. The highest BCUT2D eigenvalue weighted by atomic mass is 16.5. The van der Waals surface area contributed by atoms with Crippen LogP contribution in [0.3, 0.4) is 0 Å². The molecule has 0 aromatic heterocycles. The van der Waals surface area contributed by atoms with Gasteiger partial charge < -0.3 is 15.2 Å². The molecular formula is C12H25NO2. The van der Waals surface area contributed by atoms with Crippen LogP contribution >= 0.6 is 0 Å². The first-order valence-electron chi connectivity index (χ1n) is 6.22. The molecule has 0 radical (unpaired) electrons. The van der Waals surface area contributed by atoms with Crippen molar-refractivity contribution in [3.05, 3.63) is 0 Å². The van der Waals surface area contributed by atoms with Crippen LogP contribution < -0.4 is 5.32 Å². The quantitative estimate of drug-likeness (QED) is 0.633. The fourth-order valence-corrected chi connectivity index (χ4v) is 2.33. The number of aliphatic hydroxyl groups is 1. The largest absolute Gasteiger partial charge is 0.396 e. The lowest BCUT2D eigenvalue weighted by Crippen LogP contribution is -2.40. The molecule has 0 aliphatic heterocycles. The zero-order chi connectivity index (χ0) is 11.0. The van der Waals surface area contributed by atoms with E-state index in [0.29, 0.717) is 6.61 Å². The molecule has 1 fully saturated rings. The van der Waals surface area contributed by atoms with Gasteiger partial charge in [-0.05, 0) is 19.8 Å². The topological polar surface area (TPSA) is 41.5 Å².